The summed E-state index contributed by atoms with van der Waals surface area (Å²) in [5.74, 6) is 0.799. The Hall–Kier alpha value is -3.03. The quantitative estimate of drug-likeness (QED) is 0.763. The Morgan fingerprint density at radius 1 is 1.28 bits per heavy atom. The predicted octanol–water partition coefficient (Wildman–Crippen LogP) is 2.00. The van der Waals surface area contributed by atoms with Crippen molar-refractivity contribution in [3.8, 4) is 5.75 Å². The number of nitrogens with zero attached hydrogens (tertiary/aromatic N) is 3. The minimum atomic E-state index is -0.405. The van der Waals surface area contributed by atoms with Gasteiger partial charge in [-0.15, -0.1) is 0 Å². The Labute approximate surface area is 143 Å². The van der Waals surface area contributed by atoms with Crippen LogP contribution in [0.5, 0.6) is 5.75 Å². The molecule has 0 saturated carbocycles. The Bertz CT molecular complexity index is 897. The van der Waals surface area contributed by atoms with Gasteiger partial charge in [-0.3, -0.25) is 4.79 Å². The van der Waals surface area contributed by atoms with Gasteiger partial charge in [0.05, 0.1) is 12.6 Å². The molecule has 3 aromatic rings. The van der Waals surface area contributed by atoms with Gasteiger partial charge in [0.2, 0.25) is 5.95 Å². The molecule has 25 heavy (non-hydrogen) atoms. The predicted molar refractivity (Wildman–Crippen MR) is 91.5 cm³/mol. The largest absolute Gasteiger partial charge is 0.496 e. The van der Waals surface area contributed by atoms with E-state index >= 15 is 0 Å². The van der Waals surface area contributed by atoms with Crippen molar-refractivity contribution in [3.05, 3.63) is 42.1 Å². The molecular weight excluding hydrogens is 325 g/mol. The molecule has 0 spiro atoms. The zero-order chi connectivity index (χ0) is 17.4. The Morgan fingerprint density at radius 2 is 2.08 bits per heavy atom. The SMILES string of the molecule is COc1ccc(F)c2[nH]c(C(=O)N3CCN(c4ncc[nH]4)CC3)cc12. The Morgan fingerprint density at radius 3 is 2.76 bits per heavy atom. The lowest BCUT2D eigenvalue weighted by Gasteiger charge is -2.34. The van der Waals surface area contributed by atoms with Gasteiger partial charge in [-0.1, -0.05) is 0 Å². The van der Waals surface area contributed by atoms with Crippen molar-refractivity contribution < 1.29 is 13.9 Å². The van der Waals surface area contributed by atoms with Gasteiger partial charge in [0, 0.05) is 44.0 Å². The summed E-state index contributed by atoms with van der Waals surface area (Å²) >= 11 is 0. The number of benzene rings is 1. The van der Waals surface area contributed by atoms with E-state index in [1.165, 1.54) is 13.2 Å². The molecule has 1 saturated heterocycles. The van der Waals surface area contributed by atoms with Gasteiger partial charge >= 0.3 is 0 Å². The Kier molecular flexibility index (Phi) is 3.79. The van der Waals surface area contributed by atoms with E-state index in [2.05, 4.69) is 19.9 Å². The number of hydrogen-bond acceptors (Lipinski definition) is 4. The van der Waals surface area contributed by atoms with Crippen molar-refractivity contribution in [1.82, 2.24) is 19.9 Å². The molecule has 0 bridgehead atoms. The van der Waals surface area contributed by atoms with Crippen molar-refractivity contribution in [3.63, 3.8) is 0 Å². The van der Waals surface area contributed by atoms with E-state index in [4.69, 9.17) is 4.74 Å². The lowest BCUT2D eigenvalue weighted by Crippen LogP contribution is -2.49. The highest BCUT2D eigenvalue weighted by Crippen LogP contribution is 2.29. The lowest BCUT2D eigenvalue weighted by molar-refractivity contribution is 0.0741. The molecule has 1 amide bonds. The summed E-state index contributed by atoms with van der Waals surface area (Å²) in [6, 6.07) is 4.54. The second-order valence-corrected chi connectivity index (χ2v) is 5.91. The number of hydrogen-bond donors (Lipinski definition) is 2. The topological polar surface area (TPSA) is 77.2 Å². The monoisotopic (exact) mass is 343 g/mol. The molecule has 4 rings (SSSR count). The number of carbonyl (C=O) groups excluding carboxylic acids is 1. The third-order valence-electron chi connectivity index (χ3n) is 4.50. The summed E-state index contributed by atoms with van der Waals surface area (Å²) in [5, 5.41) is 0.570. The number of anilines is 1. The van der Waals surface area contributed by atoms with Gasteiger partial charge < -0.3 is 24.5 Å². The Balaban J connectivity index is 1.54. The van der Waals surface area contributed by atoms with E-state index < -0.39 is 5.82 Å². The third-order valence-corrected chi connectivity index (χ3v) is 4.50. The fourth-order valence-electron chi connectivity index (χ4n) is 3.17. The lowest BCUT2D eigenvalue weighted by atomic mass is 10.2. The number of amides is 1. The highest BCUT2D eigenvalue weighted by Gasteiger charge is 2.25. The first-order chi connectivity index (χ1) is 12.2. The summed E-state index contributed by atoms with van der Waals surface area (Å²) in [5.41, 5.74) is 0.654. The van der Waals surface area contributed by atoms with Crippen LogP contribution in [0, 0.1) is 5.82 Å². The number of nitrogens with one attached hydrogen (secondary N) is 2. The van der Waals surface area contributed by atoms with E-state index in [0.717, 1.165) is 5.95 Å². The molecule has 0 atom stereocenters. The number of rotatable bonds is 3. The second-order valence-electron chi connectivity index (χ2n) is 5.91. The number of aromatic amines is 2. The van der Waals surface area contributed by atoms with Crippen molar-refractivity contribution in [2.75, 3.05) is 38.2 Å². The number of fused-ring (bicyclic) bond motifs is 1. The minimum absolute atomic E-state index is 0.142. The zero-order valence-electron chi connectivity index (χ0n) is 13.8. The molecule has 7 nitrogen and oxygen atoms in total. The maximum Gasteiger partial charge on any atom is 0.270 e. The van der Waals surface area contributed by atoms with Crippen LogP contribution in [-0.4, -0.2) is 59.0 Å². The van der Waals surface area contributed by atoms with Crippen LogP contribution in [0.3, 0.4) is 0 Å². The molecule has 1 aliphatic heterocycles. The van der Waals surface area contributed by atoms with Gasteiger partial charge in [0.25, 0.3) is 5.91 Å². The average Bonchev–Trinajstić information content (AvgIpc) is 3.32. The number of halogens is 1. The summed E-state index contributed by atoms with van der Waals surface area (Å²) < 4.78 is 19.2. The van der Waals surface area contributed by atoms with Crippen LogP contribution in [-0.2, 0) is 0 Å². The maximum atomic E-state index is 14.0. The molecule has 1 fully saturated rings. The summed E-state index contributed by atoms with van der Waals surface area (Å²) in [6.07, 6.45) is 3.48. The number of imidazole rings is 1. The number of aromatic nitrogens is 3. The van der Waals surface area contributed by atoms with Crippen molar-refractivity contribution in [1.29, 1.82) is 0 Å². The van der Waals surface area contributed by atoms with E-state index in [1.807, 2.05) is 0 Å². The van der Waals surface area contributed by atoms with Gasteiger partial charge in [0.15, 0.2) is 0 Å². The average molecular weight is 343 g/mol. The van der Waals surface area contributed by atoms with Crippen molar-refractivity contribution >= 4 is 22.8 Å². The first-order valence-corrected chi connectivity index (χ1v) is 8.06. The maximum absolute atomic E-state index is 14.0. The summed E-state index contributed by atoms with van der Waals surface area (Å²) in [6.45, 7) is 2.54. The van der Waals surface area contributed by atoms with Gasteiger partial charge in [-0.05, 0) is 18.2 Å². The number of methoxy groups -OCH3 is 1. The number of carbonyl (C=O) groups is 1. The zero-order valence-corrected chi connectivity index (χ0v) is 13.8. The molecule has 3 heterocycles. The molecule has 0 unspecified atom stereocenters. The smallest absolute Gasteiger partial charge is 0.270 e. The van der Waals surface area contributed by atoms with E-state index in [0.29, 0.717) is 43.0 Å². The van der Waals surface area contributed by atoms with Crippen LogP contribution in [0.2, 0.25) is 0 Å². The van der Waals surface area contributed by atoms with Crippen LogP contribution in [0.15, 0.2) is 30.6 Å². The highest BCUT2D eigenvalue weighted by molar-refractivity contribution is 6.00. The van der Waals surface area contributed by atoms with Gasteiger partial charge in [-0.25, -0.2) is 9.37 Å². The summed E-state index contributed by atoms with van der Waals surface area (Å²) in [4.78, 5) is 26.8. The van der Waals surface area contributed by atoms with Crippen LogP contribution in [0.4, 0.5) is 10.3 Å². The van der Waals surface area contributed by atoms with Crippen LogP contribution in [0.1, 0.15) is 10.5 Å². The fraction of sp³-hybridized carbons (Fsp3) is 0.294. The number of piperazine rings is 1. The van der Waals surface area contributed by atoms with E-state index in [9.17, 15) is 9.18 Å². The van der Waals surface area contributed by atoms with Crippen LogP contribution < -0.4 is 9.64 Å². The van der Waals surface area contributed by atoms with Crippen LogP contribution in [0.25, 0.3) is 10.9 Å². The van der Waals surface area contributed by atoms with E-state index in [-0.39, 0.29) is 11.4 Å². The molecule has 0 radical (unpaired) electrons. The highest BCUT2D eigenvalue weighted by atomic mass is 19.1. The second kappa shape index (κ2) is 6.12. The number of H-pyrrole nitrogens is 2. The molecule has 1 aliphatic rings. The van der Waals surface area contributed by atoms with Crippen molar-refractivity contribution in [2.24, 2.45) is 0 Å². The van der Waals surface area contributed by atoms with Crippen molar-refractivity contribution in [2.45, 2.75) is 0 Å². The molecule has 2 N–H and O–H groups in total. The molecule has 8 heteroatoms. The number of ether oxygens (including phenoxy) is 1. The summed E-state index contributed by atoms with van der Waals surface area (Å²) in [7, 11) is 1.52. The molecular formula is C17H18FN5O2. The van der Waals surface area contributed by atoms with Gasteiger partial charge in [0.1, 0.15) is 17.3 Å². The third kappa shape index (κ3) is 2.69. The van der Waals surface area contributed by atoms with Crippen LogP contribution >= 0.6 is 0 Å². The van der Waals surface area contributed by atoms with E-state index in [1.54, 1.807) is 29.4 Å². The standard InChI is InChI=1S/C17H18FN5O2/c1-25-14-3-2-12(18)15-11(14)10-13(21-15)16(24)22-6-8-23(9-7-22)17-19-4-5-20-17/h2-5,10,21H,6-9H2,1H3,(H,19,20). The molecule has 1 aromatic carbocycles. The normalized spacial score (nSPS) is 15.0. The fourth-order valence-corrected chi connectivity index (χ4v) is 3.17. The first kappa shape index (κ1) is 15.5. The molecule has 130 valence electrons. The minimum Gasteiger partial charge on any atom is -0.496 e. The first-order valence-electron chi connectivity index (χ1n) is 8.06. The molecule has 2 aromatic heterocycles. The van der Waals surface area contributed by atoms with Gasteiger partial charge in [-0.2, -0.15) is 0 Å². The molecule has 0 aliphatic carbocycles.